The van der Waals surface area contributed by atoms with Crippen molar-refractivity contribution in [2.75, 3.05) is 50.7 Å². The lowest BCUT2D eigenvalue weighted by atomic mass is 9.91. The Kier molecular flexibility index (Phi) is 9.98. The summed E-state index contributed by atoms with van der Waals surface area (Å²) < 4.78 is 40.9. The molecule has 1 N–H and O–H groups in total. The third-order valence-corrected chi connectivity index (χ3v) is 7.81. The molecular weight excluding hydrogens is 550 g/mol. The van der Waals surface area contributed by atoms with Crippen LogP contribution in [0.25, 0.3) is 0 Å². The lowest BCUT2D eigenvalue weighted by Gasteiger charge is -2.41. The van der Waals surface area contributed by atoms with Gasteiger partial charge < -0.3 is 10.2 Å². The van der Waals surface area contributed by atoms with Gasteiger partial charge in [-0.2, -0.15) is 0 Å². The van der Waals surface area contributed by atoms with Gasteiger partial charge in [-0.25, -0.2) is 13.2 Å². The first-order chi connectivity index (χ1) is 17.5. The smallest absolute Gasteiger partial charge is 0.261 e. The summed E-state index contributed by atoms with van der Waals surface area (Å²) in [5.41, 5.74) is 3.38. The van der Waals surface area contributed by atoms with Crippen LogP contribution in [0.2, 0.25) is 0 Å². The van der Waals surface area contributed by atoms with Gasteiger partial charge in [0.15, 0.2) is 0 Å². The average Bonchev–Trinajstić information content (AvgIpc) is 3.32. The molecule has 0 spiro atoms. The molecule has 216 valence electrons. The van der Waals surface area contributed by atoms with Crippen LogP contribution in [0.15, 0.2) is 36.5 Å². The van der Waals surface area contributed by atoms with Gasteiger partial charge in [0.05, 0.1) is 24.5 Å². The molecule has 0 unspecified atom stereocenters. The fourth-order valence-corrected chi connectivity index (χ4v) is 5.86. The van der Waals surface area contributed by atoms with Gasteiger partial charge >= 0.3 is 0 Å². The van der Waals surface area contributed by atoms with E-state index >= 15 is 0 Å². The molecule has 1 aromatic carbocycles. The summed E-state index contributed by atoms with van der Waals surface area (Å²) in [5.74, 6) is -2.90. The van der Waals surface area contributed by atoms with Crippen molar-refractivity contribution < 1.29 is 18.0 Å². The zero-order valence-electron chi connectivity index (χ0n) is 22.6. The highest BCUT2D eigenvalue weighted by Gasteiger charge is 2.42. The van der Waals surface area contributed by atoms with Crippen molar-refractivity contribution in [2.24, 2.45) is 0 Å². The van der Waals surface area contributed by atoms with E-state index in [-0.39, 0.29) is 73.5 Å². The SMILES string of the molecule is C[C@@H]1CN(CC(=O)N2CC(C)(C)c3ncc(Cc4ccc(F)cc4)cc32)[C@@H](CN2CCC(F)(F)C2)CN1.Cl.Cl. The predicted molar refractivity (Wildman–Crippen MR) is 152 cm³/mol. The van der Waals surface area contributed by atoms with Gasteiger partial charge in [-0.15, -0.1) is 24.8 Å². The van der Waals surface area contributed by atoms with E-state index in [1.165, 1.54) is 12.1 Å². The molecule has 1 amide bonds. The number of likely N-dealkylation sites (tertiary alicyclic amines) is 1. The Labute approximate surface area is 241 Å². The molecule has 3 aliphatic heterocycles. The standard InChI is InChI=1S/C28H36F3N5O.2ClH/c1-19-14-35(23(13-32-19)15-34-9-8-28(30,31)18-34)16-25(37)36-17-27(2,3)26-24(36)11-21(12-33-26)10-20-4-6-22(29)7-5-20;;/h4-7,11-12,19,23,32H,8-10,13-18H2,1-3H3;2*1H/t19-,23-;;/m1../s1. The Bertz CT molecular complexity index is 1150. The highest BCUT2D eigenvalue weighted by Crippen LogP contribution is 2.40. The number of fused-ring (bicyclic) bond motifs is 1. The molecule has 5 rings (SSSR count). The normalized spacial score (nSPS) is 24.1. The lowest BCUT2D eigenvalue weighted by molar-refractivity contribution is -0.120. The molecule has 0 radical (unpaired) electrons. The number of aromatic nitrogens is 1. The van der Waals surface area contributed by atoms with Crippen LogP contribution >= 0.6 is 24.8 Å². The number of nitrogens with zero attached hydrogens (tertiary/aromatic N) is 4. The quantitative estimate of drug-likeness (QED) is 0.546. The Morgan fingerprint density at radius 3 is 2.51 bits per heavy atom. The van der Waals surface area contributed by atoms with E-state index in [2.05, 4.69) is 31.0 Å². The van der Waals surface area contributed by atoms with Crippen LogP contribution in [0.3, 0.4) is 0 Å². The number of amides is 1. The first kappa shape index (κ1) is 31.6. The Hall–Kier alpha value is -1.91. The van der Waals surface area contributed by atoms with Gasteiger partial charge in [-0.3, -0.25) is 19.6 Å². The molecule has 0 aliphatic carbocycles. The van der Waals surface area contributed by atoms with E-state index in [9.17, 15) is 18.0 Å². The fraction of sp³-hybridized carbons (Fsp3) is 0.571. The van der Waals surface area contributed by atoms with Crippen molar-refractivity contribution in [1.29, 1.82) is 0 Å². The van der Waals surface area contributed by atoms with Gasteiger partial charge in [0.2, 0.25) is 5.91 Å². The average molecular weight is 589 g/mol. The third kappa shape index (κ3) is 7.24. The number of anilines is 1. The number of hydrogen-bond donors (Lipinski definition) is 1. The molecule has 0 bridgehead atoms. The molecule has 0 saturated carbocycles. The Balaban J connectivity index is 0.00000210. The maximum Gasteiger partial charge on any atom is 0.261 e. The van der Waals surface area contributed by atoms with Crippen LogP contribution in [0.5, 0.6) is 0 Å². The highest BCUT2D eigenvalue weighted by molar-refractivity contribution is 5.97. The Morgan fingerprint density at radius 1 is 1.13 bits per heavy atom. The second-order valence-corrected chi connectivity index (χ2v) is 11.6. The van der Waals surface area contributed by atoms with Crippen molar-refractivity contribution in [1.82, 2.24) is 20.1 Å². The molecule has 3 aliphatic rings. The molecule has 4 heterocycles. The summed E-state index contributed by atoms with van der Waals surface area (Å²) in [5, 5.41) is 3.45. The van der Waals surface area contributed by atoms with Crippen LogP contribution in [0.1, 0.15) is 44.0 Å². The molecule has 2 atom stereocenters. The second-order valence-electron chi connectivity index (χ2n) is 11.6. The first-order valence-electron chi connectivity index (χ1n) is 13.1. The number of carbonyl (C=O) groups is 1. The van der Waals surface area contributed by atoms with Gasteiger partial charge in [0.25, 0.3) is 5.92 Å². The molecule has 39 heavy (non-hydrogen) atoms. The van der Waals surface area contributed by atoms with E-state index < -0.39 is 5.92 Å². The highest BCUT2D eigenvalue weighted by atomic mass is 35.5. The van der Waals surface area contributed by atoms with Crippen molar-refractivity contribution in [2.45, 2.75) is 57.0 Å². The van der Waals surface area contributed by atoms with Crippen LogP contribution in [0, 0.1) is 5.82 Å². The monoisotopic (exact) mass is 587 g/mol. The minimum Gasteiger partial charge on any atom is -0.311 e. The number of alkyl halides is 2. The summed E-state index contributed by atoms with van der Waals surface area (Å²) >= 11 is 0. The summed E-state index contributed by atoms with van der Waals surface area (Å²) in [6, 6.07) is 8.66. The zero-order chi connectivity index (χ0) is 26.4. The largest absolute Gasteiger partial charge is 0.311 e. The summed E-state index contributed by atoms with van der Waals surface area (Å²) in [6.07, 6.45) is 2.34. The number of piperazine rings is 1. The number of benzene rings is 1. The molecule has 2 aromatic rings. The maximum atomic E-state index is 13.8. The second kappa shape index (κ2) is 12.3. The van der Waals surface area contributed by atoms with Gasteiger partial charge in [0, 0.05) is 62.8 Å². The van der Waals surface area contributed by atoms with E-state index in [4.69, 9.17) is 4.98 Å². The van der Waals surface area contributed by atoms with Crippen LogP contribution < -0.4 is 10.2 Å². The summed E-state index contributed by atoms with van der Waals surface area (Å²) in [6.45, 7) is 9.09. The number of hydrogen-bond acceptors (Lipinski definition) is 5. The maximum absolute atomic E-state index is 13.8. The van der Waals surface area contributed by atoms with Crippen LogP contribution in [-0.2, 0) is 16.6 Å². The topological polar surface area (TPSA) is 51.7 Å². The molecular formula is C28H38Cl2F3N5O. The van der Waals surface area contributed by atoms with E-state index in [1.807, 2.05) is 22.1 Å². The van der Waals surface area contributed by atoms with Crippen molar-refractivity contribution >= 4 is 36.4 Å². The molecule has 2 fully saturated rings. The van der Waals surface area contributed by atoms with Crippen LogP contribution in [0.4, 0.5) is 18.9 Å². The third-order valence-electron chi connectivity index (χ3n) is 7.81. The Morgan fingerprint density at radius 2 is 1.85 bits per heavy atom. The molecule has 2 saturated heterocycles. The predicted octanol–water partition coefficient (Wildman–Crippen LogP) is 4.28. The van der Waals surface area contributed by atoms with E-state index in [0.717, 1.165) is 22.5 Å². The minimum absolute atomic E-state index is 0. The molecule has 1 aromatic heterocycles. The number of pyridine rings is 1. The van der Waals surface area contributed by atoms with Crippen molar-refractivity contribution in [3.05, 3.63) is 59.2 Å². The van der Waals surface area contributed by atoms with Gasteiger partial charge in [-0.05, 0) is 42.7 Å². The number of carbonyl (C=O) groups excluding carboxylic acids is 1. The molecule has 11 heteroatoms. The fourth-order valence-electron chi connectivity index (χ4n) is 5.86. The number of halogens is 5. The van der Waals surface area contributed by atoms with E-state index in [1.54, 1.807) is 12.1 Å². The minimum atomic E-state index is -2.63. The van der Waals surface area contributed by atoms with E-state index in [0.29, 0.717) is 39.1 Å². The van der Waals surface area contributed by atoms with Gasteiger partial charge in [0.1, 0.15) is 5.82 Å². The lowest BCUT2D eigenvalue weighted by Crippen LogP contribution is -2.60. The van der Waals surface area contributed by atoms with Crippen molar-refractivity contribution in [3.63, 3.8) is 0 Å². The number of rotatable bonds is 6. The summed E-state index contributed by atoms with van der Waals surface area (Å²) in [4.78, 5) is 24.3. The molecule has 6 nitrogen and oxygen atoms in total. The first-order valence-corrected chi connectivity index (χ1v) is 13.1. The van der Waals surface area contributed by atoms with Crippen LogP contribution in [-0.4, -0.2) is 84.5 Å². The zero-order valence-corrected chi connectivity index (χ0v) is 24.3. The van der Waals surface area contributed by atoms with Gasteiger partial charge in [-0.1, -0.05) is 26.0 Å². The van der Waals surface area contributed by atoms with Crippen molar-refractivity contribution in [3.8, 4) is 0 Å². The number of nitrogens with one attached hydrogen (secondary N) is 1. The summed E-state index contributed by atoms with van der Waals surface area (Å²) in [7, 11) is 0.